The molecule has 1 nitrogen and oxygen atoms in total. The Bertz CT molecular complexity index is 166. The molecule has 0 saturated carbocycles. The molecular formula is C7H11F5O. The highest BCUT2D eigenvalue weighted by atomic mass is 19.3. The van der Waals surface area contributed by atoms with E-state index in [-0.39, 0.29) is 0 Å². The molecule has 2 unspecified atom stereocenters. The van der Waals surface area contributed by atoms with E-state index in [1.54, 1.807) is 0 Å². The van der Waals surface area contributed by atoms with E-state index >= 15 is 0 Å². The summed E-state index contributed by atoms with van der Waals surface area (Å²) in [5, 5.41) is 8.50. The molecular weight excluding hydrogens is 195 g/mol. The summed E-state index contributed by atoms with van der Waals surface area (Å²) in [6.07, 6.45) is -5.99. The number of hydrogen-bond donors (Lipinski definition) is 1. The van der Waals surface area contributed by atoms with Gasteiger partial charge in [-0.3, -0.25) is 0 Å². The Hall–Kier alpha value is -0.390. The highest BCUT2D eigenvalue weighted by Crippen LogP contribution is 2.41. The standard InChI is InChI=1S/C7H11F5O/c1-4(13)3-6(9,10)7(11,12)5(2)8/h4-5,13H,3H2,1-2H3. The van der Waals surface area contributed by atoms with Gasteiger partial charge in [0.2, 0.25) is 0 Å². The van der Waals surface area contributed by atoms with Gasteiger partial charge in [0.25, 0.3) is 0 Å². The summed E-state index contributed by atoms with van der Waals surface area (Å²) in [4.78, 5) is 0. The third-order valence-corrected chi connectivity index (χ3v) is 1.54. The lowest BCUT2D eigenvalue weighted by molar-refractivity contribution is -0.245. The van der Waals surface area contributed by atoms with Crippen molar-refractivity contribution in [1.29, 1.82) is 0 Å². The van der Waals surface area contributed by atoms with Crippen LogP contribution in [0.2, 0.25) is 0 Å². The van der Waals surface area contributed by atoms with Crippen LogP contribution in [0.25, 0.3) is 0 Å². The van der Waals surface area contributed by atoms with Crippen LogP contribution < -0.4 is 0 Å². The number of halogens is 5. The Morgan fingerprint density at radius 3 is 1.77 bits per heavy atom. The first-order valence-electron chi connectivity index (χ1n) is 3.69. The molecule has 0 aromatic carbocycles. The molecule has 2 atom stereocenters. The summed E-state index contributed by atoms with van der Waals surface area (Å²) in [7, 11) is 0. The highest BCUT2D eigenvalue weighted by Gasteiger charge is 2.60. The van der Waals surface area contributed by atoms with Crippen LogP contribution in [0.4, 0.5) is 22.0 Å². The van der Waals surface area contributed by atoms with E-state index in [1.807, 2.05) is 0 Å². The third-order valence-electron chi connectivity index (χ3n) is 1.54. The normalized spacial score (nSPS) is 18.5. The van der Waals surface area contributed by atoms with Crippen molar-refractivity contribution in [1.82, 2.24) is 0 Å². The first kappa shape index (κ1) is 12.6. The first-order valence-corrected chi connectivity index (χ1v) is 3.69. The van der Waals surface area contributed by atoms with Crippen molar-refractivity contribution in [3.05, 3.63) is 0 Å². The fraction of sp³-hybridized carbons (Fsp3) is 1.00. The average molecular weight is 206 g/mol. The lowest BCUT2D eigenvalue weighted by atomic mass is 10.0. The van der Waals surface area contributed by atoms with E-state index in [2.05, 4.69) is 0 Å². The van der Waals surface area contributed by atoms with Crippen LogP contribution in [0, 0.1) is 0 Å². The Labute approximate surface area is 72.6 Å². The minimum absolute atomic E-state index is 0.357. The Morgan fingerprint density at radius 2 is 1.54 bits per heavy atom. The average Bonchev–Trinajstić information content (AvgIpc) is 1.83. The van der Waals surface area contributed by atoms with Gasteiger partial charge in [-0.25, -0.2) is 4.39 Å². The number of rotatable bonds is 4. The van der Waals surface area contributed by atoms with Crippen molar-refractivity contribution in [2.45, 2.75) is 44.4 Å². The zero-order valence-corrected chi connectivity index (χ0v) is 7.20. The lowest BCUT2D eigenvalue weighted by Crippen LogP contribution is -2.48. The smallest absolute Gasteiger partial charge is 0.340 e. The van der Waals surface area contributed by atoms with E-state index in [0.29, 0.717) is 6.92 Å². The van der Waals surface area contributed by atoms with E-state index in [4.69, 9.17) is 5.11 Å². The number of aliphatic hydroxyl groups excluding tert-OH is 1. The van der Waals surface area contributed by atoms with Gasteiger partial charge in [0.05, 0.1) is 6.10 Å². The van der Waals surface area contributed by atoms with Gasteiger partial charge in [-0.1, -0.05) is 0 Å². The van der Waals surface area contributed by atoms with Gasteiger partial charge in [-0.15, -0.1) is 0 Å². The highest BCUT2D eigenvalue weighted by molar-refractivity contribution is 4.90. The van der Waals surface area contributed by atoms with Crippen LogP contribution in [-0.4, -0.2) is 29.2 Å². The van der Waals surface area contributed by atoms with Crippen LogP contribution in [0.1, 0.15) is 20.3 Å². The van der Waals surface area contributed by atoms with Crippen molar-refractivity contribution in [2.75, 3.05) is 0 Å². The van der Waals surface area contributed by atoms with Crippen LogP contribution in [-0.2, 0) is 0 Å². The Morgan fingerprint density at radius 1 is 1.15 bits per heavy atom. The zero-order valence-electron chi connectivity index (χ0n) is 7.20. The van der Waals surface area contributed by atoms with E-state index in [1.165, 1.54) is 0 Å². The molecule has 0 heterocycles. The maximum absolute atomic E-state index is 12.6. The summed E-state index contributed by atoms with van der Waals surface area (Å²) in [6, 6.07) is 0. The summed E-state index contributed by atoms with van der Waals surface area (Å²) < 4.78 is 62.1. The number of hydrogen-bond acceptors (Lipinski definition) is 1. The molecule has 0 bridgehead atoms. The van der Waals surface area contributed by atoms with Crippen molar-refractivity contribution >= 4 is 0 Å². The minimum atomic E-state index is -4.73. The van der Waals surface area contributed by atoms with Crippen molar-refractivity contribution < 1.29 is 27.1 Å². The quantitative estimate of drug-likeness (QED) is 0.700. The number of alkyl halides is 5. The summed E-state index contributed by atoms with van der Waals surface area (Å²) >= 11 is 0. The van der Waals surface area contributed by atoms with Crippen LogP contribution in [0.5, 0.6) is 0 Å². The van der Waals surface area contributed by atoms with Gasteiger partial charge >= 0.3 is 11.8 Å². The molecule has 0 aromatic heterocycles. The van der Waals surface area contributed by atoms with Gasteiger partial charge in [0, 0.05) is 6.42 Å². The molecule has 6 heteroatoms. The largest absolute Gasteiger partial charge is 0.393 e. The molecule has 0 aliphatic rings. The van der Waals surface area contributed by atoms with Crippen LogP contribution in [0.15, 0.2) is 0 Å². The molecule has 1 N–H and O–H groups in total. The molecule has 0 aliphatic carbocycles. The molecule has 0 spiro atoms. The molecule has 13 heavy (non-hydrogen) atoms. The first-order chi connectivity index (χ1) is 5.61. The van der Waals surface area contributed by atoms with Crippen LogP contribution >= 0.6 is 0 Å². The topological polar surface area (TPSA) is 20.2 Å². The summed E-state index contributed by atoms with van der Waals surface area (Å²) in [6.45, 7) is 1.29. The van der Waals surface area contributed by atoms with Crippen molar-refractivity contribution in [3.8, 4) is 0 Å². The Kier molecular flexibility index (Phi) is 3.66. The molecule has 0 rings (SSSR count). The predicted octanol–water partition coefficient (Wildman–Crippen LogP) is 2.39. The molecule has 0 radical (unpaired) electrons. The molecule has 0 aliphatic heterocycles. The fourth-order valence-corrected chi connectivity index (χ4v) is 0.798. The second-order valence-electron chi connectivity index (χ2n) is 3.00. The van der Waals surface area contributed by atoms with Crippen molar-refractivity contribution in [3.63, 3.8) is 0 Å². The maximum atomic E-state index is 12.6. The number of aliphatic hydroxyl groups is 1. The summed E-state index contributed by atoms with van der Waals surface area (Å²) in [5.41, 5.74) is 0. The van der Waals surface area contributed by atoms with E-state index in [9.17, 15) is 22.0 Å². The minimum Gasteiger partial charge on any atom is -0.393 e. The molecule has 0 amide bonds. The van der Waals surface area contributed by atoms with Gasteiger partial charge in [-0.2, -0.15) is 17.6 Å². The molecule has 80 valence electrons. The second-order valence-corrected chi connectivity index (χ2v) is 3.00. The van der Waals surface area contributed by atoms with E-state index in [0.717, 1.165) is 6.92 Å². The second kappa shape index (κ2) is 3.77. The zero-order chi connectivity index (χ0) is 10.9. The molecule has 0 aromatic rings. The fourth-order valence-electron chi connectivity index (χ4n) is 0.798. The van der Waals surface area contributed by atoms with Gasteiger partial charge < -0.3 is 5.11 Å². The van der Waals surface area contributed by atoms with Crippen LogP contribution in [0.3, 0.4) is 0 Å². The Balaban J connectivity index is 4.60. The van der Waals surface area contributed by atoms with Gasteiger partial charge in [0.15, 0.2) is 6.17 Å². The third kappa shape index (κ3) is 2.79. The molecule has 0 saturated heterocycles. The molecule has 0 fully saturated rings. The van der Waals surface area contributed by atoms with E-state index < -0.39 is 30.5 Å². The maximum Gasteiger partial charge on any atom is 0.340 e. The SMILES string of the molecule is CC(O)CC(F)(F)C(F)(F)C(C)F. The van der Waals surface area contributed by atoms with Crippen molar-refractivity contribution in [2.24, 2.45) is 0 Å². The summed E-state index contributed by atoms with van der Waals surface area (Å²) in [5.74, 6) is -9.25. The van der Waals surface area contributed by atoms with Gasteiger partial charge in [0.1, 0.15) is 0 Å². The van der Waals surface area contributed by atoms with Gasteiger partial charge in [-0.05, 0) is 13.8 Å². The predicted molar refractivity (Wildman–Crippen MR) is 36.8 cm³/mol. The lowest BCUT2D eigenvalue weighted by Gasteiger charge is -2.28. The monoisotopic (exact) mass is 206 g/mol.